The number of amides is 4. The number of urea groups is 1. The van der Waals surface area contributed by atoms with Gasteiger partial charge in [-0.3, -0.25) is 14.9 Å². The molecule has 0 bridgehead atoms. The second-order valence-corrected chi connectivity index (χ2v) is 7.52. The lowest BCUT2D eigenvalue weighted by molar-refractivity contribution is 0.0880. The molecule has 4 amide bonds. The number of anilines is 1. The molecule has 0 atom stereocenters. The molecule has 148 valence electrons. The SMILES string of the molecule is Cn1c2ccc(NC(N)=O)cc2c2c3c(c(-c4ccccc4Cl)cc21)C(=O)NC3=O. The molecule has 0 unspecified atom stereocenters. The van der Waals surface area contributed by atoms with Crippen LogP contribution >= 0.6 is 11.6 Å². The van der Waals surface area contributed by atoms with E-state index in [-0.39, 0.29) is 0 Å². The van der Waals surface area contributed by atoms with Crippen molar-refractivity contribution < 1.29 is 14.4 Å². The van der Waals surface area contributed by atoms with E-state index >= 15 is 0 Å². The number of halogens is 1. The molecule has 2 heterocycles. The van der Waals surface area contributed by atoms with Gasteiger partial charge in [0.1, 0.15) is 0 Å². The third-order valence-corrected chi connectivity index (χ3v) is 5.74. The van der Waals surface area contributed by atoms with Crippen LogP contribution in [0.1, 0.15) is 20.7 Å². The number of hydrogen-bond acceptors (Lipinski definition) is 3. The van der Waals surface area contributed by atoms with Crippen LogP contribution in [0.4, 0.5) is 10.5 Å². The zero-order valence-electron chi connectivity index (χ0n) is 15.7. The number of hydrogen-bond donors (Lipinski definition) is 3. The maximum atomic E-state index is 12.8. The molecule has 8 heteroatoms. The zero-order valence-corrected chi connectivity index (χ0v) is 16.5. The predicted octanol–water partition coefficient (Wildman–Crippen LogP) is 4.03. The molecule has 0 aliphatic carbocycles. The van der Waals surface area contributed by atoms with Gasteiger partial charge in [-0.1, -0.05) is 29.8 Å². The minimum atomic E-state index is -0.686. The van der Waals surface area contributed by atoms with E-state index < -0.39 is 17.8 Å². The number of imide groups is 1. The van der Waals surface area contributed by atoms with Crippen molar-refractivity contribution in [1.82, 2.24) is 9.88 Å². The maximum Gasteiger partial charge on any atom is 0.316 e. The highest BCUT2D eigenvalue weighted by Crippen LogP contribution is 2.42. The summed E-state index contributed by atoms with van der Waals surface area (Å²) in [4.78, 5) is 36.8. The van der Waals surface area contributed by atoms with E-state index in [4.69, 9.17) is 17.3 Å². The molecule has 3 aromatic carbocycles. The number of rotatable bonds is 2. The molecule has 30 heavy (non-hydrogen) atoms. The summed E-state index contributed by atoms with van der Waals surface area (Å²) in [5.41, 5.74) is 9.19. The van der Waals surface area contributed by atoms with Crippen LogP contribution in [0.15, 0.2) is 48.5 Å². The van der Waals surface area contributed by atoms with Gasteiger partial charge >= 0.3 is 6.03 Å². The van der Waals surface area contributed by atoms with E-state index in [0.29, 0.717) is 38.4 Å². The largest absolute Gasteiger partial charge is 0.351 e. The molecule has 0 radical (unpaired) electrons. The summed E-state index contributed by atoms with van der Waals surface area (Å²) < 4.78 is 1.94. The van der Waals surface area contributed by atoms with Crippen molar-refractivity contribution in [1.29, 1.82) is 0 Å². The Morgan fingerprint density at radius 3 is 2.47 bits per heavy atom. The Balaban J connectivity index is 1.94. The molecule has 1 aliphatic heterocycles. The fourth-order valence-electron chi connectivity index (χ4n) is 4.17. The van der Waals surface area contributed by atoms with Gasteiger partial charge in [0.05, 0.1) is 16.6 Å². The van der Waals surface area contributed by atoms with Crippen molar-refractivity contribution in [2.24, 2.45) is 12.8 Å². The molecule has 5 rings (SSSR count). The predicted molar refractivity (Wildman–Crippen MR) is 116 cm³/mol. The fourth-order valence-corrected chi connectivity index (χ4v) is 4.41. The Morgan fingerprint density at radius 2 is 1.73 bits per heavy atom. The van der Waals surface area contributed by atoms with E-state index in [2.05, 4.69) is 10.6 Å². The molecule has 4 N–H and O–H groups in total. The highest BCUT2D eigenvalue weighted by atomic mass is 35.5. The first kappa shape index (κ1) is 18.2. The molecule has 0 spiro atoms. The van der Waals surface area contributed by atoms with E-state index in [9.17, 15) is 14.4 Å². The number of primary amides is 1. The smallest absolute Gasteiger partial charge is 0.316 e. The summed E-state index contributed by atoms with van der Waals surface area (Å²) in [5.74, 6) is -0.926. The average molecular weight is 419 g/mol. The number of fused-ring (bicyclic) bond motifs is 5. The molecule has 0 saturated carbocycles. The second-order valence-electron chi connectivity index (χ2n) is 7.11. The normalized spacial score (nSPS) is 13.0. The van der Waals surface area contributed by atoms with Crippen molar-refractivity contribution in [3.05, 3.63) is 64.7 Å². The summed E-state index contributed by atoms with van der Waals surface area (Å²) in [7, 11) is 1.88. The average Bonchev–Trinajstić information content (AvgIpc) is 3.15. The summed E-state index contributed by atoms with van der Waals surface area (Å²) >= 11 is 6.41. The van der Waals surface area contributed by atoms with Crippen molar-refractivity contribution in [3.63, 3.8) is 0 Å². The van der Waals surface area contributed by atoms with Crippen LogP contribution in [0.25, 0.3) is 32.9 Å². The Kier molecular flexibility index (Phi) is 3.84. The number of aromatic nitrogens is 1. The molecule has 7 nitrogen and oxygen atoms in total. The van der Waals surface area contributed by atoms with Gasteiger partial charge in [-0.15, -0.1) is 0 Å². The molecule has 0 saturated heterocycles. The van der Waals surface area contributed by atoms with E-state index in [1.54, 1.807) is 24.3 Å². The minimum Gasteiger partial charge on any atom is -0.351 e. The minimum absolute atomic E-state index is 0.293. The lowest BCUT2D eigenvalue weighted by Crippen LogP contribution is -2.20. The van der Waals surface area contributed by atoms with Gasteiger partial charge in [0.2, 0.25) is 0 Å². The van der Waals surface area contributed by atoms with Crippen molar-refractivity contribution in [2.75, 3.05) is 5.32 Å². The monoisotopic (exact) mass is 418 g/mol. The lowest BCUT2D eigenvalue weighted by atomic mass is 9.93. The Morgan fingerprint density at radius 1 is 1.00 bits per heavy atom. The molecule has 0 fully saturated rings. The number of nitrogens with one attached hydrogen (secondary N) is 2. The van der Waals surface area contributed by atoms with Gasteiger partial charge in [-0.2, -0.15) is 0 Å². The standard InChI is InChI=1S/C22H15ClN4O3/c1-27-15-7-6-10(25-22(24)30)8-13(15)17-16(27)9-12(11-4-2-3-5-14(11)23)18-19(17)21(29)26-20(18)28/h2-9H,1H3,(H3,24,25,30)(H,26,28,29). The van der Waals surface area contributed by atoms with Crippen LogP contribution in [-0.2, 0) is 7.05 Å². The Bertz CT molecular complexity index is 1440. The molecular weight excluding hydrogens is 404 g/mol. The first-order valence-electron chi connectivity index (χ1n) is 9.13. The van der Waals surface area contributed by atoms with Crippen molar-refractivity contribution >= 4 is 56.9 Å². The highest BCUT2D eigenvalue weighted by Gasteiger charge is 2.34. The first-order valence-corrected chi connectivity index (χ1v) is 9.51. The van der Waals surface area contributed by atoms with E-state index in [1.165, 1.54) is 0 Å². The fraction of sp³-hybridized carbons (Fsp3) is 0.0455. The van der Waals surface area contributed by atoms with Gasteiger partial charge < -0.3 is 15.6 Å². The molecule has 1 aliphatic rings. The maximum absolute atomic E-state index is 12.8. The van der Waals surface area contributed by atoms with Crippen LogP contribution < -0.4 is 16.4 Å². The van der Waals surface area contributed by atoms with Gasteiger partial charge in [-0.05, 0) is 35.9 Å². The van der Waals surface area contributed by atoms with Crippen molar-refractivity contribution in [2.45, 2.75) is 0 Å². The number of carbonyl (C=O) groups excluding carboxylic acids is 3. The number of carbonyl (C=O) groups is 3. The molecule has 1 aromatic heterocycles. The first-order chi connectivity index (χ1) is 14.4. The molecule has 4 aromatic rings. The van der Waals surface area contributed by atoms with Crippen molar-refractivity contribution in [3.8, 4) is 11.1 Å². The summed E-state index contributed by atoms with van der Waals surface area (Å²) in [6.45, 7) is 0. The molecular formula is C22H15ClN4O3. The van der Waals surface area contributed by atoms with Crippen LogP contribution in [-0.4, -0.2) is 22.4 Å². The topological polar surface area (TPSA) is 106 Å². The van der Waals surface area contributed by atoms with Gasteiger partial charge in [0, 0.05) is 39.6 Å². The third-order valence-electron chi connectivity index (χ3n) is 5.41. The summed E-state index contributed by atoms with van der Waals surface area (Å²) in [6, 6.07) is 13.7. The third kappa shape index (κ3) is 2.49. The summed E-state index contributed by atoms with van der Waals surface area (Å²) in [5, 5.41) is 6.80. The lowest BCUT2D eigenvalue weighted by Gasteiger charge is -2.10. The number of nitrogens with zero attached hydrogens (tertiary/aromatic N) is 1. The quantitative estimate of drug-likeness (QED) is 0.428. The second kappa shape index (κ2) is 6.33. The van der Waals surface area contributed by atoms with Gasteiger partial charge in [-0.25, -0.2) is 4.79 Å². The van der Waals surface area contributed by atoms with Crippen LogP contribution in [0.5, 0.6) is 0 Å². The zero-order chi connectivity index (χ0) is 21.2. The van der Waals surface area contributed by atoms with E-state index in [0.717, 1.165) is 16.4 Å². The number of nitrogens with two attached hydrogens (primary N) is 1. The Hall–Kier alpha value is -3.84. The number of benzene rings is 3. The van der Waals surface area contributed by atoms with Crippen LogP contribution in [0.3, 0.4) is 0 Å². The highest BCUT2D eigenvalue weighted by molar-refractivity contribution is 6.36. The summed E-state index contributed by atoms with van der Waals surface area (Å²) in [6.07, 6.45) is 0. The van der Waals surface area contributed by atoms with E-state index in [1.807, 2.05) is 35.9 Å². The van der Waals surface area contributed by atoms with Gasteiger partial charge in [0.15, 0.2) is 0 Å². The van der Waals surface area contributed by atoms with Gasteiger partial charge in [0.25, 0.3) is 11.8 Å². The number of aryl methyl sites for hydroxylation is 1. The van der Waals surface area contributed by atoms with Crippen LogP contribution in [0.2, 0.25) is 5.02 Å². The Labute approximate surface area is 175 Å². The van der Waals surface area contributed by atoms with Crippen LogP contribution in [0, 0.1) is 0 Å².